The number of nitrogens with zero attached hydrogens (tertiary/aromatic N) is 1. The second-order valence-corrected chi connectivity index (χ2v) is 4.00. The van der Waals surface area contributed by atoms with Gasteiger partial charge in [-0.15, -0.1) is 0 Å². The molecule has 0 unspecified atom stereocenters. The second kappa shape index (κ2) is 4.78. The maximum absolute atomic E-state index is 10.4. The van der Waals surface area contributed by atoms with Crippen molar-refractivity contribution in [2.45, 2.75) is 31.4 Å². The highest BCUT2D eigenvalue weighted by atomic mass is 32.1. The van der Waals surface area contributed by atoms with Gasteiger partial charge in [-0.25, -0.2) is 0 Å². The molecule has 1 aliphatic heterocycles. The third-order valence-corrected chi connectivity index (χ3v) is 2.95. The van der Waals surface area contributed by atoms with Crippen molar-refractivity contribution in [2.24, 2.45) is 0 Å². The van der Waals surface area contributed by atoms with Gasteiger partial charge in [0.2, 0.25) is 5.25 Å². The zero-order chi connectivity index (χ0) is 8.10. The van der Waals surface area contributed by atoms with Crippen molar-refractivity contribution >= 4 is 11.7 Å². The van der Waals surface area contributed by atoms with Crippen molar-refractivity contribution < 1.29 is 4.21 Å². The standard InChI is InChI=1S/C8H16NOS/c1-2-5-9-6-3-8(11-10)4-7-9/h8H,2-7H2,1H3/q+1. The summed E-state index contributed by atoms with van der Waals surface area (Å²) in [6.45, 7) is 5.67. The fourth-order valence-corrected chi connectivity index (χ4v) is 1.95. The maximum Gasteiger partial charge on any atom is 0.462 e. The highest BCUT2D eigenvalue weighted by molar-refractivity contribution is 7.66. The first-order valence-electron chi connectivity index (χ1n) is 4.37. The molecular weight excluding hydrogens is 158 g/mol. The first kappa shape index (κ1) is 9.07. The maximum atomic E-state index is 10.4. The Morgan fingerprint density at radius 1 is 1.45 bits per heavy atom. The second-order valence-electron chi connectivity index (χ2n) is 3.14. The molecule has 1 saturated heterocycles. The Balaban J connectivity index is 2.18. The third-order valence-electron chi connectivity index (χ3n) is 2.21. The van der Waals surface area contributed by atoms with Crippen LogP contribution in [-0.2, 0) is 15.9 Å². The molecule has 0 saturated carbocycles. The van der Waals surface area contributed by atoms with E-state index in [1.165, 1.54) is 13.0 Å². The molecule has 3 heteroatoms. The van der Waals surface area contributed by atoms with E-state index in [1.54, 1.807) is 0 Å². The van der Waals surface area contributed by atoms with E-state index in [1.807, 2.05) is 0 Å². The van der Waals surface area contributed by atoms with E-state index in [2.05, 4.69) is 11.8 Å². The van der Waals surface area contributed by atoms with E-state index >= 15 is 0 Å². The lowest BCUT2D eigenvalue weighted by Crippen LogP contribution is -2.35. The zero-order valence-electron chi connectivity index (χ0n) is 7.08. The van der Waals surface area contributed by atoms with E-state index in [0.717, 1.165) is 37.6 Å². The molecule has 0 aromatic heterocycles. The molecule has 0 atom stereocenters. The van der Waals surface area contributed by atoms with Crippen LogP contribution in [0.2, 0.25) is 0 Å². The van der Waals surface area contributed by atoms with Crippen LogP contribution in [0.4, 0.5) is 0 Å². The number of piperidine rings is 1. The highest BCUT2D eigenvalue weighted by Crippen LogP contribution is 2.11. The van der Waals surface area contributed by atoms with Crippen LogP contribution in [-0.4, -0.2) is 29.8 Å². The third kappa shape index (κ3) is 2.83. The molecule has 0 spiro atoms. The van der Waals surface area contributed by atoms with Gasteiger partial charge in [0.25, 0.3) is 0 Å². The normalized spacial score (nSPS) is 21.9. The minimum absolute atomic E-state index is 0.392. The van der Waals surface area contributed by atoms with E-state index in [4.69, 9.17) is 0 Å². The van der Waals surface area contributed by atoms with Crippen LogP contribution in [0, 0.1) is 0 Å². The predicted octanol–water partition coefficient (Wildman–Crippen LogP) is 1.29. The molecule has 0 radical (unpaired) electrons. The van der Waals surface area contributed by atoms with Gasteiger partial charge >= 0.3 is 11.7 Å². The van der Waals surface area contributed by atoms with Crippen LogP contribution < -0.4 is 0 Å². The summed E-state index contributed by atoms with van der Waals surface area (Å²) in [6, 6.07) is 0. The first-order chi connectivity index (χ1) is 5.36. The van der Waals surface area contributed by atoms with Crippen molar-refractivity contribution in [1.29, 1.82) is 0 Å². The predicted molar refractivity (Wildman–Crippen MR) is 47.8 cm³/mol. The topological polar surface area (TPSA) is 20.3 Å². The number of likely N-dealkylation sites (tertiary alicyclic amines) is 1. The van der Waals surface area contributed by atoms with Gasteiger partial charge in [0, 0.05) is 30.1 Å². The molecule has 2 nitrogen and oxygen atoms in total. The number of hydrogen-bond acceptors (Lipinski definition) is 2. The lowest BCUT2D eigenvalue weighted by atomic mass is 10.1. The van der Waals surface area contributed by atoms with Gasteiger partial charge in [-0.3, -0.25) is 0 Å². The Bertz CT molecular complexity index is 121. The molecule has 1 rings (SSSR count). The summed E-state index contributed by atoms with van der Waals surface area (Å²) in [6.07, 6.45) is 3.41. The Hall–Kier alpha value is -0.0200. The highest BCUT2D eigenvalue weighted by Gasteiger charge is 2.27. The molecule has 0 N–H and O–H groups in total. The summed E-state index contributed by atoms with van der Waals surface area (Å²) in [4.78, 5) is 2.45. The van der Waals surface area contributed by atoms with E-state index in [-0.39, 0.29) is 0 Å². The summed E-state index contributed by atoms with van der Waals surface area (Å²) >= 11 is 0.789. The van der Waals surface area contributed by atoms with Crippen molar-refractivity contribution in [3.8, 4) is 0 Å². The van der Waals surface area contributed by atoms with E-state index in [9.17, 15) is 4.21 Å². The average molecular weight is 174 g/mol. The molecule has 0 aromatic carbocycles. The van der Waals surface area contributed by atoms with Gasteiger partial charge in [0.15, 0.2) is 0 Å². The molecule has 0 amide bonds. The SMILES string of the molecule is CCCN1CCC([S+]=O)CC1. The lowest BCUT2D eigenvalue weighted by molar-refractivity contribution is 0.232. The summed E-state index contributed by atoms with van der Waals surface area (Å²) in [5, 5.41) is 0.392. The number of rotatable bonds is 3. The van der Waals surface area contributed by atoms with Crippen LogP contribution >= 0.6 is 0 Å². The molecule has 1 fully saturated rings. The quantitative estimate of drug-likeness (QED) is 0.601. The minimum Gasteiger partial charge on any atom is -0.303 e. The Morgan fingerprint density at radius 2 is 2.09 bits per heavy atom. The number of hydrogen-bond donors (Lipinski definition) is 0. The van der Waals surface area contributed by atoms with Gasteiger partial charge < -0.3 is 4.90 Å². The van der Waals surface area contributed by atoms with Gasteiger partial charge in [0.1, 0.15) is 0 Å². The molecule has 0 aromatic rings. The molecule has 1 heterocycles. The van der Waals surface area contributed by atoms with Gasteiger partial charge in [-0.1, -0.05) is 6.92 Å². The van der Waals surface area contributed by atoms with Crippen molar-refractivity contribution in [3.63, 3.8) is 0 Å². The fraction of sp³-hybridized carbons (Fsp3) is 1.00. The van der Waals surface area contributed by atoms with Crippen molar-refractivity contribution in [2.75, 3.05) is 19.6 Å². The van der Waals surface area contributed by atoms with Crippen LogP contribution in [0.3, 0.4) is 0 Å². The Labute approximate surface area is 72.5 Å². The van der Waals surface area contributed by atoms with Crippen LogP contribution in [0.15, 0.2) is 0 Å². The smallest absolute Gasteiger partial charge is 0.303 e. The zero-order valence-corrected chi connectivity index (χ0v) is 7.90. The van der Waals surface area contributed by atoms with Gasteiger partial charge in [-0.2, -0.15) is 0 Å². The van der Waals surface area contributed by atoms with Crippen LogP contribution in [0.1, 0.15) is 26.2 Å². The minimum atomic E-state index is 0.392. The van der Waals surface area contributed by atoms with Crippen molar-refractivity contribution in [3.05, 3.63) is 0 Å². The molecule has 0 aliphatic carbocycles. The Kier molecular flexibility index (Phi) is 3.94. The van der Waals surface area contributed by atoms with Crippen LogP contribution in [0.25, 0.3) is 0 Å². The molecule has 11 heavy (non-hydrogen) atoms. The summed E-state index contributed by atoms with van der Waals surface area (Å²) in [5.74, 6) is 0. The van der Waals surface area contributed by atoms with E-state index < -0.39 is 0 Å². The monoisotopic (exact) mass is 174 g/mol. The molecule has 1 aliphatic rings. The van der Waals surface area contributed by atoms with Crippen molar-refractivity contribution in [1.82, 2.24) is 4.90 Å². The summed E-state index contributed by atoms with van der Waals surface area (Å²) < 4.78 is 10.4. The molecular formula is C8H16NOS+. The van der Waals surface area contributed by atoms with E-state index in [0.29, 0.717) is 5.25 Å². The van der Waals surface area contributed by atoms with Gasteiger partial charge in [0.05, 0.1) is 0 Å². The van der Waals surface area contributed by atoms with Crippen LogP contribution in [0.5, 0.6) is 0 Å². The summed E-state index contributed by atoms with van der Waals surface area (Å²) in [7, 11) is 0. The lowest BCUT2D eigenvalue weighted by Gasteiger charge is -2.25. The fourth-order valence-electron chi connectivity index (χ4n) is 1.55. The summed E-state index contributed by atoms with van der Waals surface area (Å²) in [5.41, 5.74) is 0. The van der Waals surface area contributed by atoms with Gasteiger partial charge in [-0.05, 0) is 13.0 Å². The average Bonchev–Trinajstić information content (AvgIpc) is 2.07. The molecule has 64 valence electrons. The largest absolute Gasteiger partial charge is 0.462 e. The first-order valence-corrected chi connectivity index (χ1v) is 5.18. The Morgan fingerprint density at radius 3 is 2.55 bits per heavy atom. The molecule has 0 bridgehead atoms.